The summed E-state index contributed by atoms with van der Waals surface area (Å²) in [6.45, 7) is 4.52. The molecule has 88 valence electrons. The van der Waals surface area contributed by atoms with Crippen LogP contribution in [-0.2, 0) is 12.8 Å². The number of hydrogen-bond donors (Lipinski definition) is 1. The van der Waals surface area contributed by atoms with Gasteiger partial charge in [-0.3, -0.25) is 0 Å². The van der Waals surface area contributed by atoms with Crippen molar-refractivity contribution in [2.45, 2.75) is 58.0 Å². The monoisotopic (exact) mass is 217 g/mol. The van der Waals surface area contributed by atoms with E-state index in [2.05, 4.69) is 43.4 Å². The molecule has 16 heavy (non-hydrogen) atoms. The largest absolute Gasteiger partial charge is 0.311 e. The minimum Gasteiger partial charge on any atom is -0.311 e. The number of hydrogen-bond acceptors (Lipinski definition) is 1. The Morgan fingerprint density at radius 1 is 1.19 bits per heavy atom. The number of rotatable bonds is 6. The van der Waals surface area contributed by atoms with Gasteiger partial charge in [0.25, 0.3) is 0 Å². The molecule has 0 saturated heterocycles. The Kier molecular flexibility index (Phi) is 4.00. The lowest BCUT2D eigenvalue weighted by Gasteiger charge is -2.13. The molecule has 0 bridgehead atoms. The zero-order valence-electron chi connectivity index (χ0n) is 10.5. The van der Waals surface area contributed by atoms with E-state index in [1.54, 1.807) is 0 Å². The van der Waals surface area contributed by atoms with Gasteiger partial charge >= 0.3 is 0 Å². The van der Waals surface area contributed by atoms with E-state index in [4.69, 9.17) is 0 Å². The van der Waals surface area contributed by atoms with E-state index in [-0.39, 0.29) is 0 Å². The molecule has 1 unspecified atom stereocenters. The lowest BCUT2D eigenvalue weighted by Crippen LogP contribution is -2.29. The summed E-state index contributed by atoms with van der Waals surface area (Å²) < 4.78 is 0. The molecule has 0 radical (unpaired) electrons. The summed E-state index contributed by atoms with van der Waals surface area (Å²) in [7, 11) is 0. The van der Waals surface area contributed by atoms with Crippen LogP contribution < -0.4 is 5.32 Å². The van der Waals surface area contributed by atoms with Crippen molar-refractivity contribution in [1.29, 1.82) is 0 Å². The first-order chi connectivity index (χ1) is 7.78. The van der Waals surface area contributed by atoms with E-state index < -0.39 is 0 Å². The molecule has 0 aliphatic heterocycles. The van der Waals surface area contributed by atoms with Crippen LogP contribution in [0.4, 0.5) is 0 Å². The Labute approximate surface area is 99.3 Å². The highest BCUT2D eigenvalue weighted by molar-refractivity contribution is 5.23. The van der Waals surface area contributed by atoms with Crippen molar-refractivity contribution in [2.75, 3.05) is 0 Å². The van der Waals surface area contributed by atoms with Gasteiger partial charge in [0.1, 0.15) is 0 Å². The van der Waals surface area contributed by atoms with Gasteiger partial charge in [0, 0.05) is 12.1 Å². The number of nitrogens with one attached hydrogen (secondary N) is 1. The van der Waals surface area contributed by atoms with E-state index >= 15 is 0 Å². The maximum absolute atomic E-state index is 3.64. The minimum atomic E-state index is 0.615. The first-order valence-corrected chi connectivity index (χ1v) is 6.62. The molecule has 1 aliphatic carbocycles. The van der Waals surface area contributed by atoms with Crippen molar-refractivity contribution in [3.8, 4) is 0 Å². The summed E-state index contributed by atoms with van der Waals surface area (Å²) in [5.74, 6) is 0. The van der Waals surface area contributed by atoms with Gasteiger partial charge in [-0.05, 0) is 43.7 Å². The predicted molar refractivity (Wildman–Crippen MR) is 69.8 cm³/mol. The standard InChI is InChI=1S/C15H23N/c1-3-4-13-5-7-14(8-6-13)11-12(2)16-15-9-10-15/h5-8,12,15-16H,3-4,9-11H2,1-2H3. The Bertz CT molecular complexity index is 311. The molecule has 1 aromatic rings. The van der Waals surface area contributed by atoms with Crippen LogP contribution in [-0.4, -0.2) is 12.1 Å². The molecule has 0 heterocycles. The fraction of sp³-hybridized carbons (Fsp3) is 0.600. The Hall–Kier alpha value is -0.820. The summed E-state index contributed by atoms with van der Waals surface area (Å²) in [5, 5.41) is 3.64. The summed E-state index contributed by atoms with van der Waals surface area (Å²) in [6.07, 6.45) is 6.34. The summed E-state index contributed by atoms with van der Waals surface area (Å²) >= 11 is 0. The third-order valence-electron chi connectivity index (χ3n) is 3.20. The van der Waals surface area contributed by atoms with Gasteiger partial charge in [-0.15, -0.1) is 0 Å². The molecular formula is C15H23N. The topological polar surface area (TPSA) is 12.0 Å². The second kappa shape index (κ2) is 5.49. The van der Waals surface area contributed by atoms with E-state index in [1.165, 1.54) is 36.8 Å². The highest BCUT2D eigenvalue weighted by Crippen LogP contribution is 2.20. The number of aryl methyl sites for hydroxylation is 1. The average Bonchev–Trinajstić information content (AvgIpc) is 3.05. The molecule has 0 amide bonds. The molecule has 1 fully saturated rings. The van der Waals surface area contributed by atoms with Gasteiger partial charge < -0.3 is 5.32 Å². The molecule has 1 aromatic carbocycles. The van der Waals surface area contributed by atoms with E-state index in [0.717, 1.165) is 12.5 Å². The van der Waals surface area contributed by atoms with Crippen LogP contribution in [0.3, 0.4) is 0 Å². The van der Waals surface area contributed by atoms with Crippen molar-refractivity contribution < 1.29 is 0 Å². The molecule has 1 nitrogen and oxygen atoms in total. The Morgan fingerprint density at radius 3 is 2.38 bits per heavy atom. The molecule has 1 atom stereocenters. The van der Waals surface area contributed by atoms with Crippen molar-refractivity contribution in [1.82, 2.24) is 5.32 Å². The van der Waals surface area contributed by atoms with E-state index in [9.17, 15) is 0 Å². The van der Waals surface area contributed by atoms with Crippen molar-refractivity contribution >= 4 is 0 Å². The Morgan fingerprint density at radius 2 is 1.81 bits per heavy atom. The van der Waals surface area contributed by atoms with Gasteiger partial charge in [0.05, 0.1) is 0 Å². The second-order valence-corrected chi connectivity index (χ2v) is 5.11. The van der Waals surface area contributed by atoms with Crippen molar-refractivity contribution in [3.05, 3.63) is 35.4 Å². The predicted octanol–water partition coefficient (Wildman–Crippen LogP) is 3.32. The Balaban J connectivity index is 1.83. The third-order valence-corrected chi connectivity index (χ3v) is 3.20. The SMILES string of the molecule is CCCc1ccc(CC(C)NC2CC2)cc1. The van der Waals surface area contributed by atoms with Gasteiger partial charge in [-0.2, -0.15) is 0 Å². The van der Waals surface area contributed by atoms with E-state index in [1.807, 2.05) is 0 Å². The zero-order chi connectivity index (χ0) is 11.4. The average molecular weight is 217 g/mol. The van der Waals surface area contributed by atoms with Crippen LogP contribution in [0.15, 0.2) is 24.3 Å². The van der Waals surface area contributed by atoms with Gasteiger partial charge in [-0.25, -0.2) is 0 Å². The molecule has 0 aromatic heterocycles. The van der Waals surface area contributed by atoms with Gasteiger partial charge in [0.2, 0.25) is 0 Å². The lowest BCUT2D eigenvalue weighted by atomic mass is 10.0. The molecule has 1 saturated carbocycles. The third kappa shape index (κ3) is 3.64. The fourth-order valence-electron chi connectivity index (χ4n) is 2.20. The van der Waals surface area contributed by atoms with E-state index in [0.29, 0.717) is 6.04 Å². The molecule has 1 heteroatoms. The van der Waals surface area contributed by atoms with Crippen LogP contribution in [0.1, 0.15) is 44.2 Å². The first kappa shape index (κ1) is 11.7. The first-order valence-electron chi connectivity index (χ1n) is 6.62. The molecule has 0 spiro atoms. The lowest BCUT2D eigenvalue weighted by molar-refractivity contribution is 0.542. The zero-order valence-corrected chi connectivity index (χ0v) is 10.5. The molecule has 1 aliphatic rings. The minimum absolute atomic E-state index is 0.615. The quantitative estimate of drug-likeness (QED) is 0.770. The van der Waals surface area contributed by atoms with Crippen molar-refractivity contribution in [3.63, 3.8) is 0 Å². The van der Waals surface area contributed by atoms with Crippen LogP contribution in [0, 0.1) is 0 Å². The van der Waals surface area contributed by atoms with Crippen molar-refractivity contribution in [2.24, 2.45) is 0 Å². The normalized spacial score (nSPS) is 17.4. The molecule has 1 N–H and O–H groups in total. The maximum atomic E-state index is 3.64. The van der Waals surface area contributed by atoms with Crippen LogP contribution in [0.2, 0.25) is 0 Å². The van der Waals surface area contributed by atoms with Crippen LogP contribution >= 0.6 is 0 Å². The maximum Gasteiger partial charge on any atom is 0.00817 e. The summed E-state index contributed by atoms with van der Waals surface area (Å²) in [4.78, 5) is 0. The van der Waals surface area contributed by atoms with Gasteiger partial charge in [-0.1, -0.05) is 37.6 Å². The summed E-state index contributed by atoms with van der Waals surface area (Å²) in [6, 6.07) is 10.6. The van der Waals surface area contributed by atoms with Crippen LogP contribution in [0.25, 0.3) is 0 Å². The molecule has 2 rings (SSSR count). The fourth-order valence-corrected chi connectivity index (χ4v) is 2.20. The highest BCUT2D eigenvalue weighted by atomic mass is 15.0. The second-order valence-electron chi connectivity index (χ2n) is 5.11. The highest BCUT2D eigenvalue weighted by Gasteiger charge is 2.22. The van der Waals surface area contributed by atoms with Crippen LogP contribution in [0.5, 0.6) is 0 Å². The number of benzene rings is 1. The smallest absolute Gasteiger partial charge is 0.00817 e. The summed E-state index contributed by atoms with van der Waals surface area (Å²) in [5.41, 5.74) is 2.93. The van der Waals surface area contributed by atoms with Gasteiger partial charge in [0.15, 0.2) is 0 Å². The molecular weight excluding hydrogens is 194 g/mol.